The molecule has 1 saturated heterocycles. The number of phenolic OH excluding ortho intramolecular Hbond substituents is 2. The standard InChI is InChI=1S/C22H18O7/c1-10-8-12-17(14(24)9-10)21(26)19-16(3-2-13(23)18(19)20(12)25)29-22-11-4-6-27-15(11)5-7-28-22/h2-4,8-9,15,22-24H,5-7H2,1H3/t15-,22-/m1/s1. The van der Waals surface area contributed by atoms with Gasteiger partial charge in [0.15, 0.2) is 5.78 Å². The molecule has 1 aliphatic carbocycles. The molecule has 0 radical (unpaired) electrons. The van der Waals surface area contributed by atoms with Crippen LogP contribution in [0.15, 0.2) is 35.9 Å². The SMILES string of the molecule is Cc1cc(O)c2c(c1)C(=O)c1c(O)ccc(O[C@H]3OCC[C@H]4OCC=C34)c1C2=O. The Bertz CT molecular complexity index is 1100. The van der Waals surface area contributed by atoms with Crippen molar-refractivity contribution in [3.63, 3.8) is 0 Å². The summed E-state index contributed by atoms with van der Waals surface area (Å²) in [4.78, 5) is 26.3. The Morgan fingerprint density at radius 1 is 1.00 bits per heavy atom. The summed E-state index contributed by atoms with van der Waals surface area (Å²) in [6, 6.07) is 5.70. The van der Waals surface area contributed by atoms with E-state index in [0.29, 0.717) is 18.8 Å². The van der Waals surface area contributed by atoms with E-state index in [-0.39, 0.29) is 45.6 Å². The molecular weight excluding hydrogens is 376 g/mol. The molecule has 0 saturated carbocycles. The Balaban J connectivity index is 1.62. The summed E-state index contributed by atoms with van der Waals surface area (Å²) in [6.07, 6.45) is 1.77. The second-order valence-electron chi connectivity index (χ2n) is 7.33. The lowest BCUT2D eigenvalue weighted by atomic mass is 9.82. The van der Waals surface area contributed by atoms with E-state index in [1.807, 2.05) is 6.08 Å². The van der Waals surface area contributed by atoms with Crippen LogP contribution in [0.1, 0.15) is 43.8 Å². The highest BCUT2D eigenvalue weighted by atomic mass is 16.7. The number of aromatic hydroxyl groups is 2. The van der Waals surface area contributed by atoms with Crippen molar-refractivity contribution in [1.29, 1.82) is 0 Å². The minimum absolute atomic E-state index is 0.0633. The molecule has 3 aliphatic rings. The van der Waals surface area contributed by atoms with E-state index in [1.54, 1.807) is 6.92 Å². The Hall–Kier alpha value is -3.16. The number of ether oxygens (including phenoxy) is 3. The molecule has 1 fully saturated rings. The minimum atomic E-state index is -0.749. The first-order chi connectivity index (χ1) is 14.0. The van der Waals surface area contributed by atoms with Crippen molar-refractivity contribution in [1.82, 2.24) is 0 Å². The minimum Gasteiger partial charge on any atom is -0.507 e. The largest absolute Gasteiger partial charge is 0.507 e. The van der Waals surface area contributed by atoms with Gasteiger partial charge < -0.3 is 24.4 Å². The van der Waals surface area contributed by atoms with Crippen molar-refractivity contribution in [2.45, 2.75) is 25.7 Å². The number of phenols is 2. The Morgan fingerprint density at radius 2 is 1.83 bits per heavy atom. The summed E-state index contributed by atoms with van der Waals surface area (Å²) in [5, 5.41) is 20.7. The molecule has 0 amide bonds. The van der Waals surface area contributed by atoms with Gasteiger partial charge >= 0.3 is 0 Å². The van der Waals surface area contributed by atoms with Gasteiger partial charge in [0, 0.05) is 17.6 Å². The lowest BCUT2D eigenvalue weighted by Gasteiger charge is -2.30. The number of hydrogen-bond donors (Lipinski definition) is 2. The predicted octanol–water partition coefficient (Wildman–Crippen LogP) is 2.63. The zero-order valence-electron chi connectivity index (χ0n) is 15.6. The number of carbonyl (C=O) groups is 2. The number of aryl methyl sites for hydroxylation is 1. The number of rotatable bonds is 2. The maximum absolute atomic E-state index is 13.2. The van der Waals surface area contributed by atoms with Crippen LogP contribution in [0.2, 0.25) is 0 Å². The van der Waals surface area contributed by atoms with E-state index >= 15 is 0 Å². The van der Waals surface area contributed by atoms with Crippen LogP contribution in [0.3, 0.4) is 0 Å². The summed E-state index contributed by atoms with van der Waals surface area (Å²) < 4.78 is 17.3. The van der Waals surface area contributed by atoms with Gasteiger partial charge in [0.1, 0.15) is 17.2 Å². The van der Waals surface area contributed by atoms with Crippen molar-refractivity contribution < 1.29 is 34.0 Å². The lowest BCUT2D eigenvalue weighted by Crippen LogP contribution is -2.35. The molecule has 7 heteroatoms. The average molecular weight is 394 g/mol. The summed E-state index contributed by atoms with van der Waals surface area (Å²) in [5.74, 6) is -1.60. The molecule has 0 unspecified atom stereocenters. The van der Waals surface area contributed by atoms with Crippen LogP contribution in [0.4, 0.5) is 0 Å². The number of fused-ring (bicyclic) bond motifs is 3. The Kier molecular flexibility index (Phi) is 3.97. The van der Waals surface area contributed by atoms with Gasteiger partial charge in [-0.3, -0.25) is 9.59 Å². The molecular formula is C22H18O7. The number of hydrogen-bond acceptors (Lipinski definition) is 7. The number of carbonyl (C=O) groups excluding carboxylic acids is 2. The molecule has 2 N–H and O–H groups in total. The third-order valence-electron chi connectivity index (χ3n) is 5.48. The first kappa shape index (κ1) is 17.9. The second kappa shape index (κ2) is 6.43. The fourth-order valence-electron chi connectivity index (χ4n) is 4.15. The lowest BCUT2D eigenvalue weighted by molar-refractivity contribution is -0.0968. The third-order valence-corrected chi connectivity index (χ3v) is 5.48. The normalized spacial score (nSPS) is 22.6. The molecule has 2 atom stereocenters. The van der Waals surface area contributed by atoms with Crippen LogP contribution in [-0.2, 0) is 9.47 Å². The van der Waals surface area contributed by atoms with Crippen LogP contribution in [-0.4, -0.2) is 47.4 Å². The van der Waals surface area contributed by atoms with E-state index in [4.69, 9.17) is 14.2 Å². The number of benzene rings is 2. The molecule has 2 heterocycles. The second-order valence-corrected chi connectivity index (χ2v) is 7.33. The van der Waals surface area contributed by atoms with E-state index in [1.165, 1.54) is 24.3 Å². The molecule has 2 aromatic carbocycles. The summed E-state index contributed by atoms with van der Waals surface area (Å²) in [5.41, 5.74) is 1.24. The molecule has 2 aliphatic heterocycles. The van der Waals surface area contributed by atoms with Gasteiger partial charge in [-0.05, 0) is 36.8 Å². The van der Waals surface area contributed by atoms with Crippen molar-refractivity contribution in [3.8, 4) is 17.2 Å². The summed E-state index contributed by atoms with van der Waals surface area (Å²) >= 11 is 0. The molecule has 29 heavy (non-hydrogen) atoms. The predicted molar refractivity (Wildman–Crippen MR) is 101 cm³/mol. The monoisotopic (exact) mass is 394 g/mol. The Labute approximate surface area is 166 Å². The fourth-order valence-corrected chi connectivity index (χ4v) is 4.15. The van der Waals surface area contributed by atoms with Crippen molar-refractivity contribution >= 4 is 11.6 Å². The molecule has 0 spiro atoms. The molecule has 5 rings (SSSR count). The van der Waals surface area contributed by atoms with Gasteiger partial charge in [-0.25, -0.2) is 0 Å². The van der Waals surface area contributed by atoms with Gasteiger partial charge in [-0.1, -0.05) is 6.08 Å². The molecule has 0 aromatic heterocycles. The highest BCUT2D eigenvalue weighted by molar-refractivity contribution is 6.31. The van der Waals surface area contributed by atoms with Crippen molar-refractivity contribution in [2.75, 3.05) is 13.2 Å². The van der Waals surface area contributed by atoms with E-state index in [2.05, 4.69) is 0 Å². The van der Waals surface area contributed by atoms with Crippen molar-refractivity contribution in [2.24, 2.45) is 0 Å². The van der Waals surface area contributed by atoms with Crippen LogP contribution in [0.5, 0.6) is 17.2 Å². The molecule has 148 valence electrons. The zero-order chi connectivity index (χ0) is 20.3. The smallest absolute Gasteiger partial charge is 0.225 e. The topological polar surface area (TPSA) is 102 Å². The van der Waals surface area contributed by atoms with Crippen molar-refractivity contribution in [3.05, 3.63) is 63.7 Å². The average Bonchev–Trinajstić information content (AvgIpc) is 3.16. The highest BCUT2D eigenvalue weighted by Gasteiger charge is 2.39. The van der Waals surface area contributed by atoms with E-state index < -0.39 is 17.9 Å². The maximum atomic E-state index is 13.2. The fraction of sp³-hybridized carbons (Fsp3) is 0.273. The summed E-state index contributed by atoms with van der Waals surface area (Å²) in [7, 11) is 0. The quantitative estimate of drug-likeness (QED) is 0.644. The van der Waals surface area contributed by atoms with Gasteiger partial charge in [0.2, 0.25) is 12.1 Å². The van der Waals surface area contributed by atoms with Gasteiger partial charge in [-0.15, -0.1) is 0 Å². The van der Waals surface area contributed by atoms with Gasteiger partial charge in [0.05, 0.1) is 36.0 Å². The Morgan fingerprint density at radius 3 is 2.66 bits per heavy atom. The van der Waals surface area contributed by atoms with Crippen LogP contribution < -0.4 is 4.74 Å². The third kappa shape index (κ3) is 2.66. The van der Waals surface area contributed by atoms with Gasteiger partial charge in [0.25, 0.3) is 0 Å². The molecule has 2 aromatic rings. The highest BCUT2D eigenvalue weighted by Crippen LogP contribution is 2.42. The van der Waals surface area contributed by atoms with E-state index in [9.17, 15) is 19.8 Å². The van der Waals surface area contributed by atoms with Crippen LogP contribution in [0.25, 0.3) is 0 Å². The van der Waals surface area contributed by atoms with Crippen LogP contribution in [0, 0.1) is 6.92 Å². The molecule has 7 nitrogen and oxygen atoms in total. The first-order valence-corrected chi connectivity index (χ1v) is 9.34. The van der Waals surface area contributed by atoms with Gasteiger partial charge in [-0.2, -0.15) is 0 Å². The maximum Gasteiger partial charge on any atom is 0.225 e. The zero-order valence-corrected chi connectivity index (χ0v) is 15.6. The first-order valence-electron chi connectivity index (χ1n) is 9.34. The van der Waals surface area contributed by atoms with Crippen LogP contribution >= 0.6 is 0 Å². The number of ketones is 2. The van der Waals surface area contributed by atoms with E-state index in [0.717, 1.165) is 12.0 Å². The summed E-state index contributed by atoms with van der Waals surface area (Å²) in [6.45, 7) is 2.61. The molecule has 0 bridgehead atoms.